The highest BCUT2D eigenvalue weighted by atomic mass is 16.5. The molecule has 7 heteroatoms. The molecule has 2 aromatic rings. The van der Waals surface area contributed by atoms with Crippen LogP contribution in [0.25, 0.3) is 0 Å². The summed E-state index contributed by atoms with van der Waals surface area (Å²) in [6, 6.07) is 4.84. The van der Waals surface area contributed by atoms with Crippen LogP contribution in [0, 0.1) is 13.8 Å². The number of nitrogens with zero attached hydrogens (tertiary/aromatic N) is 1. The molecule has 0 radical (unpaired) electrons. The number of carbonyl (C=O) groups excluding carboxylic acids is 1. The number of aromatic nitrogens is 1. The zero-order valence-electron chi connectivity index (χ0n) is 13.9. The van der Waals surface area contributed by atoms with Gasteiger partial charge in [-0.15, -0.1) is 0 Å². The van der Waals surface area contributed by atoms with E-state index in [1.54, 1.807) is 40.2 Å². The van der Waals surface area contributed by atoms with Gasteiger partial charge in [-0.3, -0.25) is 10.1 Å². The maximum Gasteiger partial charge on any atom is 0.248 e. The van der Waals surface area contributed by atoms with Crippen LogP contribution in [0.4, 0.5) is 11.6 Å². The summed E-state index contributed by atoms with van der Waals surface area (Å²) in [6.07, 6.45) is 0. The van der Waals surface area contributed by atoms with Crippen LogP contribution in [0.1, 0.15) is 18.2 Å². The van der Waals surface area contributed by atoms with E-state index in [4.69, 9.17) is 14.0 Å². The summed E-state index contributed by atoms with van der Waals surface area (Å²) in [5, 5.41) is 9.55. The maximum absolute atomic E-state index is 12.2. The minimum Gasteiger partial charge on any atom is -0.493 e. The van der Waals surface area contributed by atoms with E-state index in [0.29, 0.717) is 23.1 Å². The Hall–Kier alpha value is -2.70. The van der Waals surface area contributed by atoms with Gasteiger partial charge >= 0.3 is 0 Å². The first kappa shape index (κ1) is 16.7. The number of carbonyl (C=O) groups is 1. The lowest BCUT2D eigenvalue weighted by Gasteiger charge is -2.18. The van der Waals surface area contributed by atoms with Crippen LogP contribution >= 0.6 is 0 Å². The number of hydrogen-bond acceptors (Lipinski definition) is 6. The fraction of sp³-hybridized carbons (Fsp3) is 0.375. The number of rotatable bonds is 6. The molecular formula is C16H21N3O4. The van der Waals surface area contributed by atoms with Gasteiger partial charge in [0, 0.05) is 17.8 Å². The van der Waals surface area contributed by atoms with E-state index in [1.165, 1.54) is 0 Å². The zero-order valence-corrected chi connectivity index (χ0v) is 13.9. The molecule has 23 heavy (non-hydrogen) atoms. The molecule has 0 saturated heterocycles. The second kappa shape index (κ2) is 7.04. The third-order valence-corrected chi connectivity index (χ3v) is 3.37. The Balaban J connectivity index is 2.10. The van der Waals surface area contributed by atoms with Crippen molar-refractivity contribution in [2.45, 2.75) is 26.8 Å². The molecule has 1 aromatic carbocycles. The highest BCUT2D eigenvalue weighted by Gasteiger charge is 2.17. The number of benzene rings is 1. The Morgan fingerprint density at radius 1 is 1.17 bits per heavy atom. The van der Waals surface area contributed by atoms with Gasteiger partial charge in [-0.25, -0.2) is 0 Å². The summed E-state index contributed by atoms with van der Waals surface area (Å²) in [4.78, 5) is 12.2. The van der Waals surface area contributed by atoms with Crippen molar-refractivity contribution in [3.63, 3.8) is 0 Å². The maximum atomic E-state index is 12.2. The highest BCUT2D eigenvalue weighted by Crippen LogP contribution is 2.33. The molecule has 1 aromatic heterocycles. The molecule has 1 amide bonds. The van der Waals surface area contributed by atoms with Crippen molar-refractivity contribution in [3.8, 4) is 11.5 Å². The Kier molecular flexibility index (Phi) is 5.10. The average Bonchev–Trinajstić information content (AvgIpc) is 2.93. The van der Waals surface area contributed by atoms with E-state index < -0.39 is 6.04 Å². The predicted molar refractivity (Wildman–Crippen MR) is 87.2 cm³/mol. The van der Waals surface area contributed by atoms with Gasteiger partial charge in [-0.1, -0.05) is 5.16 Å². The van der Waals surface area contributed by atoms with Gasteiger partial charge < -0.3 is 19.3 Å². The van der Waals surface area contributed by atoms with Crippen molar-refractivity contribution in [2.24, 2.45) is 0 Å². The summed E-state index contributed by atoms with van der Waals surface area (Å²) in [5.74, 6) is 1.34. The second-order valence-electron chi connectivity index (χ2n) is 5.21. The van der Waals surface area contributed by atoms with E-state index in [2.05, 4.69) is 15.8 Å². The molecule has 2 N–H and O–H groups in total. The first-order valence-electron chi connectivity index (χ1n) is 7.18. The van der Waals surface area contributed by atoms with E-state index in [0.717, 1.165) is 11.3 Å². The molecule has 0 bridgehead atoms. The largest absolute Gasteiger partial charge is 0.493 e. The minimum atomic E-state index is -0.475. The zero-order chi connectivity index (χ0) is 17.0. The fourth-order valence-electron chi connectivity index (χ4n) is 2.09. The average molecular weight is 319 g/mol. The molecule has 0 unspecified atom stereocenters. The van der Waals surface area contributed by atoms with Crippen molar-refractivity contribution in [2.75, 3.05) is 24.9 Å². The van der Waals surface area contributed by atoms with Crippen LogP contribution in [-0.2, 0) is 4.79 Å². The molecular weight excluding hydrogens is 298 g/mol. The molecule has 0 spiro atoms. The summed E-state index contributed by atoms with van der Waals surface area (Å²) >= 11 is 0. The van der Waals surface area contributed by atoms with Crippen LogP contribution in [-0.4, -0.2) is 31.3 Å². The fourth-order valence-corrected chi connectivity index (χ4v) is 2.09. The number of ether oxygens (including phenoxy) is 2. The van der Waals surface area contributed by atoms with Crippen LogP contribution in [0.5, 0.6) is 11.5 Å². The second-order valence-corrected chi connectivity index (χ2v) is 5.21. The SMILES string of the molecule is COc1cc(C)c(N[C@@H](C)C(=O)Nc2cc(C)no2)cc1OC. The lowest BCUT2D eigenvalue weighted by atomic mass is 10.1. The molecule has 0 aliphatic heterocycles. The van der Waals surface area contributed by atoms with Crippen molar-refractivity contribution in [1.29, 1.82) is 0 Å². The van der Waals surface area contributed by atoms with Gasteiger partial charge in [-0.05, 0) is 32.4 Å². The van der Waals surface area contributed by atoms with Crippen molar-refractivity contribution in [1.82, 2.24) is 5.16 Å². The quantitative estimate of drug-likeness (QED) is 0.851. The van der Waals surface area contributed by atoms with Crippen molar-refractivity contribution >= 4 is 17.5 Å². The summed E-state index contributed by atoms with van der Waals surface area (Å²) in [6.45, 7) is 5.47. The molecule has 124 valence electrons. The smallest absolute Gasteiger partial charge is 0.248 e. The Morgan fingerprint density at radius 3 is 2.39 bits per heavy atom. The van der Waals surface area contributed by atoms with Gasteiger partial charge in [0.05, 0.1) is 19.9 Å². The Bertz CT molecular complexity index is 697. The van der Waals surface area contributed by atoms with Gasteiger partial charge in [0.1, 0.15) is 6.04 Å². The molecule has 2 rings (SSSR count). The van der Waals surface area contributed by atoms with E-state index in [-0.39, 0.29) is 5.91 Å². The van der Waals surface area contributed by atoms with Crippen LogP contribution in [0.2, 0.25) is 0 Å². The number of hydrogen-bond donors (Lipinski definition) is 2. The monoisotopic (exact) mass is 319 g/mol. The van der Waals surface area contributed by atoms with E-state index >= 15 is 0 Å². The standard InChI is InChI=1S/C16H21N3O4/c1-9-6-13(21-4)14(22-5)8-12(9)17-11(3)16(20)18-15-7-10(2)19-23-15/h6-8,11,17H,1-5H3,(H,18,20)/t11-/m0/s1. The summed E-state index contributed by atoms with van der Waals surface area (Å²) < 4.78 is 15.5. The normalized spacial score (nSPS) is 11.7. The molecule has 7 nitrogen and oxygen atoms in total. The first-order chi connectivity index (χ1) is 10.9. The molecule has 1 heterocycles. The topological polar surface area (TPSA) is 85.6 Å². The molecule has 1 atom stereocenters. The Labute approximate surface area is 134 Å². The summed E-state index contributed by atoms with van der Waals surface area (Å²) in [7, 11) is 3.15. The first-order valence-corrected chi connectivity index (χ1v) is 7.18. The predicted octanol–water partition coefficient (Wildman–Crippen LogP) is 2.75. The number of amides is 1. The number of methoxy groups -OCH3 is 2. The van der Waals surface area contributed by atoms with Gasteiger partial charge in [0.25, 0.3) is 0 Å². The lowest BCUT2D eigenvalue weighted by Crippen LogP contribution is -2.32. The van der Waals surface area contributed by atoms with Gasteiger partial charge in [-0.2, -0.15) is 0 Å². The van der Waals surface area contributed by atoms with Crippen LogP contribution < -0.4 is 20.1 Å². The van der Waals surface area contributed by atoms with E-state index in [9.17, 15) is 4.79 Å². The minimum absolute atomic E-state index is 0.227. The summed E-state index contributed by atoms with van der Waals surface area (Å²) in [5.41, 5.74) is 2.44. The third kappa shape index (κ3) is 3.94. The van der Waals surface area contributed by atoms with Gasteiger partial charge in [0.2, 0.25) is 11.8 Å². The molecule has 0 aliphatic carbocycles. The molecule has 0 aliphatic rings. The number of aryl methyl sites for hydroxylation is 2. The Morgan fingerprint density at radius 2 is 1.83 bits per heavy atom. The van der Waals surface area contributed by atoms with Gasteiger partial charge in [0.15, 0.2) is 11.5 Å². The lowest BCUT2D eigenvalue weighted by molar-refractivity contribution is -0.116. The molecule has 0 fully saturated rings. The van der Waals surface area contributed by atoms with Crippen LogP contribution in [0.3, 0.4) is 0 Å². The highest BCUT2D eigenvalue weighted by molar-refractivity contribution is 5.95. The van der Waals surface area contributed by atoms with Crippen molar-refractivity contribution < 1.29 is 18.8 Å². The van der Waals surface area contributed by atoms with Crippen LogP contribution in [0.15, 0.2) is 22.7 Å². The number of anilines is 2. The number of nitrogens with one attached hydrogen (secondary N) is 2. The van der Waals surface area contributed by atoms with E-state index in [1.807, 2.05) is 13.0 Å². The molecule has 0 saturated carbocycles. The third-order valence-electron chi connectivity index (χ3n) is 3.37. The van der Waals surface area contributed by atoms with Crippen molar-refractivity contribution in [3.05, 3.63) is 29.5 Å².